The Bertz CT molecular complexity index is 825. The van der Waals surface area contributed by atoms with Crippen LogP contribution >= 0.6 is 0 Å². The molecule has 144 valence electrons. The van der Waals surface area contributed by atoms with Crippen molar-refractivity contribution in [3.63, 3.8) is 0 Å². The first-order valence-corrected chi connectivity index (χ1v) is 9.63. The second-order valence-electron chi connectivity index (χ2n) is 7.69. The van der Waals surface area contributed by atoms with E-state index in [9.17, 15) is 9.59 Å². The summed E-state index contributed by atoms with van der Waals surface area (Å²) >= 11 is 0. The molecule has 3 heterocycles. The molecule has 4 rings (SSSR count). The van der Waals surface area contributed by atoms with Gasteiger partial charge < -0.3 is 19.5 Å². The van der Waals surface area contributed by atoms with Crippen LogP contribution in [0.5, 0.6) is 0 Å². The van der Waals surface area contributed by atoms with Crippen molar-refractivity contribution in [2.45, 2.75) is 19.3 Å². The van der Waals surface area contributed by atoms with Crippen LogP contribution in [0, 0.1) is 11.8 Å². The molecule has 2 amide bonds. The van der Waals surface area contributed by atoms with Crippen molar-refractivity contribution in [3.8, 4) is 0 Å². The van der Waals surface area contributed by atoms with Gasteiger partial charge in [0.05, 0.1) is 24.0 Å². The van der Waals surface area contributed by atoms with Gasteiger partial charge in [0, 0.05) is 51.2 Å². The maximum absolute atomic E-state index is 12.8. The molecule has 1 aromatic heterocycles. The number of benzene rings is 1. The molecule has 0 spiro atoms. The third-order valence-corrected chi connectivity index (χ3v) is 5.74. The van der Waals surface area contributed by atoms with Crippen LogP contribution in [0.4, 0.5) is 0 Å². The number of carbonyl (C=O) groups excluding carboxylic acids is 2. The van der Waals surface area contributed by atoms with Crippen molar-refractivity contribution in [2.75, 3.05) is 39.9 Å². The molecule has 0 saturated carbocycles. The average molecular weight is 370 g/mol. The molecule has 1 aromatic carbocycles. The number of rotatable bonds is 5. The van der Waals surface area contributed by atoms with Crippen molar-refractivity contribution in [1.29, 1.82) is 0 Å². The smallest absolute Gasteiger partial charge is 0.253 e. The van der Waals surface area contributed by atoms with Gasteiger partial charge in [0.2, 0.25) is 5.91 Å². The van der Waals surface area contributed by atoms with Crippen LogP contribution in [0.25, 0.3) is 11.0 Å². The Kier molecular flexibility index (Phi) is 5.11. The van der Waals surface area contributed by atoms with E-state index in [0.29, 0.717) is 30.4 Å². The maximum atomic E-state index is 12.8. The van der Waals surface area contributed by atoms with Crippen LogP contribution in [-0.2, 0) is 9.53 Å². The lowest BCUT2D eigenvalue weighted by Gasteiger charge is -2.34. The Morgan fingerprint density at radius 2 is 2.11 bits per heavy atom. The molecule has 0 bridgehead atoms. The molecule has 2 fully saturated rings. The van der Waals surface area contributed by atoms with Gasteiger partial charge in [-0.25, -0.2) is 4.98 Å². The maximum Gasteiger partial charge on any atom is 0.253 e. The van der Waals surface area contributed by atoms with Gasteiger partial charge in [-0.3, -0.25) is 9.59 Å². The number of amides is 2. The van der Waals surface area contributed by atoms with Crippen LogP contribution in [0.15, 0.2) is 24.5 Å². The lowest BCUT2D eigenvalue weighted by molar-refractivity contribution is -0.128. The van der Waals surface area contributed by atoms with E-state index in [1.165, 1.54) is 0 Å². The number of fused-ring (bicyclic) bond motifs is 1. The average Bonchev–Trinajstić information content (AvgIpc) is 3.28. The van der Waals surface area contributed by atoms with Crippen molar-refractivity contribution in [3.05, 3.63) is 30.1 Å². The number of hydrogen-bond donors (Lipinski definition) is 1. The van der Waals surface area contributed by atoms with Crippen molar-refractivity contribution >= 4 is 22.8 Å². The van der Waals surface area contributed by atoms with Gasteiger partial charge in [-0.05, 0) is 37.0 Å². The van der Waals surface area contributed by atoms with Gasteiger partial charge in [-0.2, -0.15) is 0 Å². The molecule has 0 radical (unpaired) electrons. The topological polar surface area (TPSA) is 78.5 Å². The standard InChI is InChI=1S/C20H26N4O3/c1-27-12-15-8-19(25)24(11-15)10-14-4-6-23(7-5-14)20(26)16-2-3-17-18(9-16)22-13-21-17/h2-3,9,13-15H,4-8,10-12H2,1H3,(H,21,22). The molecule has 1 unspecified atom stereocenters. The Balaban J connectivity index is 1.31. The first kappa shape index (κ1) is 18.0. The molecule has 27 heavy (non-hydrogen) atoms. The summed E-state index contributed by atoms with van der Waals surface area (Å²) in [6.45, 7) is 3.75. The van der Waals surface area contributed by atoms with Gasteiger partial charge in [-0.1, -0.05) is 0 Å². The van der Waals surface area contributed by atoms with E-state index in [2.05, 4.69) is 9.97 Å². The summed E-state index contributed by atoms with van der Waals surface area (Å²) in [7, 11) is 1.68. The monoisotopic (exact) mass is 370 g/mol. The Morgan fingerprint density at radius 1 is 1.30 bits per heavy atom. The van der Waals surface area contributed by atoms with Gasteiger partial charge in [0.15, 0.2) is 0 Å². The lowest BCUT2D eigenvalue weighted by atomic mass is 9.95. The van der Waals surface area contributed by atoms with Crippen LogP contribution in [0.3, 0.4) is 0 Å². The van der Waals surface area contributed by atoms with Gasteiger partial charge >= 0.3 is 0 Å². The number of nitrogens with zero attached hydrogens (tertiary/aromatic N) is 3. The van der Waals surface area contributed by atoms with E-state index in [1.54, 1.807) is 13.4 Å². The number of carbonyl (C=O) groups is 2. The normalized spacial score (nSPS) is 21.4. The predicted molar refractivity (Wildman–Crippen MR) is 101 cm³/mol. The van der Waals surface area contributed by atoms with Crippen molar-refractivity contribution < 1.29 is 14.3 Å². The fourth-order valence-corrected chi connectivity index (χ4v) is 4.26. The van der Waals surface area contributed by atoms with Crippen LogP contribution in [-0.4, -0.2) is 71.5 Å². The Labute approximate surface area is 158 Å². The summed E-state index contributed by atoms with van der Waals surface area (Å²) in [6.07, 6.45) is 4.12. The zero-order valence-electron chi connectivity index (χ0n) is 15.7. The molecule has 2 aliphatic heterocycles. The minimum Gasteiger partial charge on any atom is -0.384 e. The number of aromatic nitrogens is 2. The number of methoxy groups -OCH3 is 1. The second-order valence-corrected chi connectivity index (χ2v) is 7.69. The third kappa shape index (κ3) is 3.83. The molecule has 7 heteroatoms. The SMILES string of the molecule is COCC1CC(=O)N(CC2CCN(C(=O)c3ccc4nc[nH]c4c3)CC2)C1. The highest BCUT2D eigenvalue weighted by molar-refractivity contribution is 5.97. The number of aromatic amines is 1. The first-order chi connectivity index (χ1) is 13.1. The quantitative estimate of drug-likeness (QED) is 0.872. The molecule has 2 saturated heterocycles. The fraction of sp³-hybridized carbons (Fsp3) is 0.550. The molecule has 2 aliphatic rings. The highest BCUT2D eigenvalue weighted by Gasteiger charge is 2.32. The molecule has 2 aromatic rings. The summed E-state index contributed by atoms with van der Waals surface area (Å²) in [5.41, 5.74) is 2.45. The van der Waals surface area contributed by atoms with E-state index in [0.717, 1.165) is 50.1 Å². The van der Waals surface area contributed by atoms with E-state index in [1.807, 2.05) is 28.0 Å². The Morgan fingerprint density at radius 3 is 2.89 bits per heavy atom. The van der Waals surface area contributed by atoms with E-state index >= 15 is 0 Å². The lowest BCUT2D eigenvalue weighted by Crippen LogP contribution is -2.42. The van der Waals surface area contributed by atoms with Crippen LogP contribution in [0.2, 0.25) is 0 Å². The van der Waals surface area contributed by atoms with E-state index in [-0.39, 0.29) is 11.8 Å². The van der Waals surface area contributed by atoms with Gasteiger partial charge in [-0.15, -0.1) is 0 Å². The predicted octanol–water partition coefficient (Wildman–Crippen LogP) is 1.91. The van der Waals surface area contributed by atoms with Crippen LogP contribution in [0.1, 0.15) is 29.6 Å². The summed E-state index contributed by atoms with van der Waals surface area (Å²) in [4.78, 5) is 36.1. The zero-order valence-corrected chi connectivity index (χ0v) is 15.7. The molecular weight excluding hydrogens is 344 g/mol. The number of nitrogens with one attached hydrogen (secondary N) is 1. The number of hydrogen-bond acceptors (Lipinski definition) is 4. The number of ether oxygens (including phenoxy) is 1. The molecule has 0 aliphatic carbocycles. The van der Waals surface area contributed by atoms with Crippen molar-refractivity contribution in [1.82, 2.24) is 19.8 Å². The molecule has 1 N–H and O–H groups in total. The highest BCUT2D eigenvalue weighted by atomic mass is 16.5. The van der Waals surface area contributed by atoms with Gasteiger partial charge in [0.25, 0.3) is 5.91 Å². The molecule has 7 nitrogen and oxygen atoms in total. The largest absolute Gasteiger partial charge is 0.384 e. The summed E-state index contributed by atoms with van der Waals surface area (Å²) in [5, 5.41) is 0. The minimum atomic E-state index is 0.0716. The summed E-state index contributed by atoms with van der Waals surface area (Å²) < 4.78 is 5.19. The number of H-pyrrole nitrogens is 1. The number of piperidine rings is 1. The highest BCUT2D eigenvalue weighted by Crippen LogP contribution is 2.25. The minimum absolute atomic E-state index is 0.0716. The summed E-state index contributed by atoms with van der Waals surface area (Å²) in [6, 6.07) is 5.59. The Hall–Kier alpha value is -2.41. The molecular formula is C20H26N4O3. The van der Waals surface area contributed by atoms with Crippen molar-refractivity contribution in [2.24, 2.45) is 11.8 Å². The van der Waals surface area contributed by atoms with E-state index in [4.69, 9.17) is 4.74 Å². The van der Waals surface area contributed by atoms with E-state index < -0.39 is 0 Å². The second kappa shape index (κ2) is 7.68. The first-order valence-electron chi connectivity index (χ1n) is 9.63. The fourth-order valence-electron chi connectivity index (χ4n) is 4.26. The zero-order chi connectivity index (χ0) is 18.8. The number of likely N-dealkylation sites (tertiary alicyclic amines) is 2. The molecule has 1 atom stereocenters. The van der Waals surface area contributed by atoms with Gasteiger partial charge in [0.1, 0.15) is 0 Å². The third-order valence-electron chi connectivity index (χ3n) is 5.74. The number of imidazole rings is 1. The van der Waals surface area contributed by atoms with Crippen LogP contribution < -0.4 is 0 Å². The summed E-state index contributed by atoms with van der Waals surface area (Å²) in [5.74, 6) is 1.10.